The second kappa shape index (κ2) is 9.06. The Hall–Kier alpha value is -2.93. The molecule has 0 atom stereocenters. The van der Waals surface area contributed by atoms with E-state index in [2.05, 4.69) is 26.7 Å². The van der Waals surface area contributed by atoms with Gasteiger partial charge in [0, 0.05) is 24.3 Å². The number of aryl methyl sites for hydroxylation is 1. The summed E-state index contributed by atoms with van der Waals surface area (Å²) in [5.41, 5.74) is 3.26. The van der Waals surface area contributed by atoms with Crippen LogP contribution in [0.4, 0.5) is 11.5 Å². The normalized spacial score (nSPS) is 15.1. The zero-order valence-electron chi connectivity index (χ0n) is 18.0. The lowest BCUT2D eigenvalue weighted by Gasteiger charge is -2.30. The van der Waals surface area contributed by atoms with Crippen LogP contribution in [0.1, 0.15) is 32.3 Å². The van der Waals surface area contributed by atoms with Gasteiger partial charge < -0.3 is 4.90 Å². The smallest absolute Gasteiger partial charge is 0.261 e. The number of hydrogen-bond donors (Lipinski definition) is 1. The van der Waals surface area contributed by atoms with Crippen LogP contribution in [0.2, 0.25) is 0 Å². The van der Waals surface area contributed by atoms with Crippen molar-refractivity contribution >= 4 is 21.5 Å². The third kappa shape index (κ3) is 5.05. The molecule has 2 aromatic carbocycles. The summed E-state index contributed by atoms with van der Waals surface area (Å²) in [6, 6.07) is 18.1. The summed E-state index contributed by atoms with van der Waals surface area (Å²) < 4.78 is 27.9. The Kier molecular flexibility index (Phi) is 6.23. The number of nitrogens with zero attached hydrogens (tertiary/aromatic N) is 3. The Bertz CT molecular complexity index is 1100. The molecule has 1 aromatic heterocycles. The number of nitrogens with one attached hydrogen (secondary N) is 1. The van der Waals surface area contributed by atoms with Crippen LogP contribution in [0.25, 0.3) is 11.3 Å². The van der Waals surface area contributed by atoms with Crippen molar-refractivity contribution in [2.75, 3.05) is 22.7 Å². The van der Waals surface area contributed by atoms with E-state index in [1.165, 1.54) is 12.8 Å². The van der Waals surface area contributed by atoms with Crippen molar-refractivity contribution in [2.45, 2.75) is 38.0 Å². The molecule has 0 aliphatic carbocycles. The van der Waals surface area contributed by atoms with Crippen molar-refractivity contribution < 1.29 is 8.42 Å². The predicted molar refractivity (Wildman–Crippen MR) is 125 cm³/mol. The monoisotopic (exact) mass is 436 g/mol. The first-order valence-corrected chi connectivity index (χ1v) is 12.2. The van der Waals surface area contributed by atoms with E-state index in [4.69, 9.17) is 0 Å². The first kappa shape index (κ1) is 21.3. The lowest BCUT2D eigenvalue weighted by atomic mass is 9.99. The third-order valence-corrected chi connectivity index (χ3v) is 7.23. The zero-order valence-corrected chi connectivity index (χ0v) is 18.8. The molecule has 1 N–H and O–H groups in total. The molecule has 0 radical (unpaired) electrons. The van der Waals surface area contributed by atoms with E-state index in [0.717, 1.165) is 48.1 Å². The average molecular weight is 437 g/mol. The maximum Gasteiger partial charge on any atom is 0.261 e. The first-order chi connectivity index (χ1) is 14.9. The van der Waals surface area contributed by atoms with Gasteiger partial charge in [0.1, 0.15) is 0 Å². The highest BCUT2D eigenvalue weighted by atomic mass is 32.2. The van der Waals surface area contributed by atoms with Gasteiger partial charge in [-0.25, -0.2) is 8.42 Å². The SMILES string of the molecule is CCc1ccc(S(=O)(=O)Nc2ccc(-c3ccc(N4CCC(C)CC4)nn3)cc2)cc1. The number of benzene rings is 2. The van der Waals surface area contributed by atoms with E-state index in [1.54, 1.807) is 24.3 Å². The molecule has 1 aliphatic rings. The molecule has 31 heavy (non-hydrogen) atoms. The van der Waals surface area contributed by atoms with Crippen LogP contribution in [0.3, 0.4) is 0 Å². The molecule has 4 rings (SSSR count). The molecule has 0 spiro atoms. The highest BCUT2D eigenvalue weighted by Crippen LogP contribution is 2.24. The van der Waals surface area contributed by atoms with Gasteiger partial charge in [-0.2, -0.15) is 0 Å². The van der Waals surface area contributed by atoms with Crippen LogP contribution in [0.15, 0.2) is 65.6 Å². The van der Waals surface area contributed by atoms with Crippen molar-refractivity contribution in [1.29, 1.82) is 0 Å². The molecule has 6 nitrogen and oxygen atoms in total. The number of hydrogen-bond acceptors (Lipinski definition) is 5. The Morgan fingerprint density at radius 3 is 2.19 bits per heavy atom. The average Bonchev–Trinajstić information content (AvgIpc) is 2.80. The molecule has 1 fully saturated rings. The summed E-state index contributed by atoms with van der Waals surface area (Å²) >= 11 is 0. The topological polar surface area (TPSA) is 75.2 Å². The van der Waals surface area contributed by atoms with Crippen LogP contribution in [0.5, 0.6) is 0 Å². The minimum absolute atomic E-state index is 0.252. The zero-order chi connectivity index (χ0) is 21.8. The second-order valence-corrected chi connectivity index (χ2v) is 9.81. The molecule has 0 saturated carbocycles. The molecular weight excluding hydrogens is 408 g/mol. The highest BCUT2D eigenvalue weighted by Gasteiger charge is 2.17. The highest BCUT2D eigenvalue weighted by molar-refractivity contribution is 7.92. The molecule has 3 aromatic rings. The third-order valence-electron chi connectivity index (χ3n) is 5.83. The van der Waals surface area contributed by atoms with Crippen LogP contribution >= 0.6 is 0 Å². The molecule has 0 bridgehead atoms. The van der Waals surface area contributed by atoms with Gasteiger partial charge in [-0.15, -0.1) is 10.2 Å². The van der Waals surface area contributed by atoms with E-state index in [9.17, 15) is 8.42 Å². The van der Waals surface area contributed by atoms with E-state index >= 15 is 0 Å². The first-order valence-electron chi connectivity index (χ1n) is 10.8. The van der Waals surface area contributed by atoms with Crippen molar-refractivity contribution in [3.8, 4) is 11.3 Å². The maximum absolute atomic E-state index is 12.6. The van der Waals surface area contributed by atoms with E-state index < -0.39 is 10.0 Å². The second-order valence-electron chi connectivity index (χ2n) is 8.13. The minimum Gasteiger partial charge on any atom is -0.355 e. The van der Waals surface area contributed by atoms with Gasteiger partial charge in [0.05, 0.1) is 10.6 Å². The van der Waals surface area contributed by atoms with Gasteiger partial charge in [0.25, 0.3) is 10.0 Å². The molecular formula is C24H28N4O2S. The Morgan fingerprint density at radius 2 is 1.61 bits per heavy atom. The predicted octanol–water partition coefficient (Wildman–Crippen LogP) is 4.74. The van der Waals surface area contributed by atoms with Crippen molar-refractivity contribution in [2.24, 2.45) is 5.92 Å². The van der Waals surface area contributed by atoms with Crippen LogP contribution < -0.4 is 9.62 Å². The van der Waals surface area contributed by atoms with Crippen LogP contribution in [-0.4, -0.2) is 31.7 Å². The van der Waals surface area contributed by atoms with E-state index in [0.29, 0.717) is 5.69 Å². The Labute approximate surface area is 184 Å². The molecule has 1 aliphatic heterocycles. The van der Waals surface area contributed by atoms with Crippen molar-refractivity contribution in [3.63, 3.8) is 0 Å². The summed E-state index contributed by atoms with van der Waals surface area (Å²) in [5, 5.41) is 8.78. The molecule has 7 heteroatoms. The molecule has 2 heterocycles. The van der Waals surface area contributed by atoms with Crippen molar-refractivity contribution in [1.82, 2.24) is 10.2 Å². The Morgan fingerprint density at radius 1 is 0.935 bits per heavy atom. The number of sulfonamides is 1. The standard InChI is InChI=1S/C24H28N4O2S/c1-3-19-4-10-22(11-5-19)31(29,30)27-21-8-6-20(7-9-21)23-12-13-24(26-25-23)28-16-14-18(2)15-17-28/h4-13,18,27H,3,14-17H2,1-2H3. The minimum atomic E-state index is -3.62. The van der Waals surface area contributed by atoms with Gasteiger partial charge in [-0.05, 0) is 67.1 Å². The van der Waals surface area contributed by atoms with Crippen molar-refractivity contribution in [3.05, 3.63) is 66.2 Å². The summed E-state index contributed by atoms with van der Waals surface area (Å²) in [5.74, 6) is 1.68. The van der Waals surface area contributed by atoms with Gasteiger partial charge in [-0.3, -0.25) is 4.72 Å². The van der Waals surface area contributed by atoms with Gasteiger partial charge >= 0.3 is 0 Å². The molecule has 1 saturated heterocycles. The van der Waals surface area contributed by atoms with E-state index in [1.807, 2.05) is 43.3 Å². The largest absolute Gasteiger partial charge is 0.355 e. The summed E-state index contributed by atoms with van der Waals surface area (Å²) in [6.45, 7) is 6.36. The number of aromatic nitrogens is 2. The summed E-state index contributed by atoms with van der Waals surface area (Å²) in [4.78, 5) is 2.53. The van der Waals surface area contributed by atoms with Crippen LogP contribution in [0, 0.1) is 5.92 Å². The molecule has 162 valence electrons. The fraction of sp³-hybridized carbons (Fsp3) is 0.333. The Balaban J connectivity index is 1.44. The number of piperidine rings is 1. The van der Waals surface area contributed by atoms with E-state index in [-0.39, 0.29) is 4.90 Å². The molecule has 0 unspecified atom stereocenters. The lowest BCUT2D eigenvalue weighted by Crippen LogP contribution is -2.33. The lowest BCUT2D eigenvalue weighted by molar-refractivity contribution is 0.436. The van der Waals surface area contributed by atoms with Crippen LogP contribution in [-0.2, 0) is 16.4 Å². The quantitative estimate of drug-likeness (QED) is 0.604. The number of rotatable bonds is 6. The van der Waals surface area contributed by atoms with Gasteiger partial charge in [-0.1, -0.05) is 38.1 Å². The van der Waals surface area contributed by atoms with Gasteiger partial charge in [0.15, 0.2) is 5.82 Å². The fourth-order valence-electron chi connectivity index (χ4n) is 3.71. The molecule has 0 amide bonds. The summed E-state index contributed by atoms with van der Waals surface area (Å²) in [6.07, 6.45) is 3.24. The number of anilines is 2. The maximum atomic E-state index is 12.6. The summed E-state index contributed by atoms with van der Waals surface area (Å²) in [7, 11) is -3.62. The van der Waals surface area contributed by atoms with Gasteiger partial charge in [0.2, 0.25) is 0 Å². The fourth-order valence-corrected chi connectivity index (χ4v) is 4.77.